The number of unbranched alkanes of at least 4 members (excludes halogenated alkanes) is 3. The molecule has 2 heteroatoms. The van der Waals surface area contributed by atoms with E-state index in [0.717, 1.165) is 12.8 Å². The van der Waals surface area contributed by atoms with Gasteiger partial charge in [0.1, 0.15) is 6.10 Å². The van der Waals surface area contributed by atoms with Crippen molar-refractivity contribution in [1.29, 1.82) is 0 Å². The lowest BCUT2D eigenvalue weighted by Gasteiger charge is -1.96. The quantitative estimate of drug-likeness (QED) is 0.452. The summed E-state index contributed by atoms with van der Waals surface area (Å²) in [6, 6.07) is 0. The van der Waals surface area contributed by atoms with Crippen LogP contribution in [0.2, 0.25) is 0 Å². The lowest BCUT2D eigenvalue weighted by atomic mass is 10.1. The summed E-state index contributed by atoms with van der Waals surface area (Å²) in [5.41, 5.74) is 0. The number of carbonyl (C=O) groups is 1. The van der Waals surface area contributed by atoms with Crippen LogP contribution < -0.4 is 0 Å². The van der Waals surface area contributed by atoms with Crippen molar-refractivity contribution in [3.05, 3.63) is 0 Å². The minimum absolute atomic E-state index is 0.0494. The lowest BCUT2D eigenvalue weighted by molar-refractivity contribution is -0.120. The van der Waals surface area contributed by atoms with Crippen molar-refractivity contribution in [3.63, 3.8) is 0 Å². The van der Waals surface area contributed by atoms with E-state index in [0.29, 0.717) is 5.78 Å². The van der Waals surface area contributed by atoms with Crippen molar-refractivity contribution >= 4 is 5.78 Å². The summed E-state index contributed by atoms with van der Waals surface area (Å²) in [4.78, 5) is 11.3. The Labute approximate surface area is 74.3 Å². The molecule has 0 N–H and O–H groups in total. The summed E-state index contributed by atoms with van der Waals surface area (Å²) in [7, 11) is 0. The zero-order valence-corrected chi connectivity index (χ0v) is 8.01. The van der Waals surface area contributed by atoms with Gasteiger partial charge in [-0.1, -0.05) is 26.2 Å². The summed E-state index contributed by atoms with van der Waals surface area (Å²) in [5.74, 6) is 0.304. The van der Waals surface area contributed by atoms with Crippen LogP contribution in [0.25, 0.3) is 0 Å². The predicted molar refractivity (Wildman–Crippen MR) is 48.1 cm³/mol. The number of hydrogen-bond acceptors (Lipinski definition) is 2. The van der Waals surface area contributed by atoms with Gasteiger partial charge in [-0.3, -0.25) is 4.79 Å². The van der Waals surface area contributed by atoms with E-state index in [2.05, 4.69) is 6.92 Å². The van der Waals surface area contributed by atoms with Crippen LogP contribution in [0.15, 0.2) is 0 Å². The average molecular weight is 170 g/mol. The lowest BCUT2D eigenvalue weighted by Crippen LogP contribution is -2.07. The molecule has 0 aromatic heterocycles. The minimum atomic E-state index is -0.0494. The highest BCUT2D eigenvalue weighted by molar-refractivity contribution is 5.85. The molecule has 0 spiro atoms. The molecule has 1 aliphatic rings. The van der Waals surface area contributed by atoms with Crippen molar-refractivity contribution in [2.24, 2.45) is 0 Å². The second kappa shape index (κ2) is 4.61. The van der Waals surface area contributed by atoms with Crippen LogP contribution in [0.1, 0.15) is 46.0 Å². The summed E-state index contributed by atoms with van der Waals surface area (Å²) < 4.78 is 5.09. The van der Waals surface area contributed by atoms with Crippen molar-refractivity contribution in [1.82, 2.24) is 0 Å². The molecule has 0 aliphatic carbocycles. The summed E-state index contributed by atoms with van der Waals surface area (Å²) in [6.45, 7) is 4.13. The zero-order chi connectivity index (χ0) is 8.97. The first-order valence-electron chi connectivity index (χ1n) is 4.94. The average Bonchev–Trinajstić information content (AvgIpc) is 2.76. The second-order valence-electron chi connectivity index (χ2n) is 3.54. The molecule has 70 valence electrons. The fraction of sp³-hybridized carbons (Fsp3) is 0.900. The third kappa shape index (κ3) is 2.94. The van der Waals surface area contributed by atoms with E-state index < -0.39 is 0 Å². The van der Waals surface area contributed by atoms with Gasteiger partial charge in [0, 0.05) is 6.42 Å². The first-order valence-corrected chi connectivity index (χ1v) is 4.94. The molecule has 1 rings (SSSR count). The van der Waals surface area contributed by atoms with E-state index in [4.69, 9.17) is 4.74 Å². The molecule has 0 bridgehead atoms. The zero-order valence-electron chi connectivity index (χ0n) is 8.01. The Morgan fingerprint density at radius 3 is 2.50 bits per heavy atom. The molecule has 2 atom stereocenters. The fourth-order valence-electron chi connectivity index (χ4n) is 1.39. The van der Waals surface area contributed by atoms with Crippen molar-refractivity contribution in [2.45, 2.75) is 58.2 Å². The van der Waals surface area contributed by atoms with Gasteiger partial charge in [0.05, 0.1) is 6.10 Å². The Kier molecular flexibility index (Phi) is 3.73. The number of hydrogen-bond donors (Lipinski definition) is 0. The van der Waals surface area contributed by atoms with Gasteiger partial charge in [-0.15, -0.1) is 0 Å². The van der Waals surface area contributed by atoms with Crippen LogP contribution in [-0.4, -0.2) is 18.0 Å². The first-order chi connectivity index (χ1) is 5.75. The molecule has 1 heterocycles. The second-order valence-corrected chi connectivity index (χ2v) is 3.54. The molecular formula is C10H18O2. The molecule has 0 saturated carbocycles. The van der Waals surface area contributed by atoms with E-state index >= 15 is 0 Å². The van der Waals surface area contributed by atoms with Gasteiger partial charge in [-0.05, 0) is 13.3 Å². The summed E-state index contributed by atoms with van der Waals surface area (Å²) in [5, 5.41) is 0. The highest BCUT2D eigenvalue weighted by Gasteiger charge is 2.39. The molecule has 1 saturated heterocycles. The maximum Gasteiger partial charge on any atom is 0.164 e. The van der Waals surface area contributed by atoms with Gasteiger partial charge in [0.25, 0.3) is 0 Å². The van der Waals surface area contributed by atoms with Crippen molar-refractivity contribution < 1.29 is 9.53 Å². The Balaban J connectivity index is 1.96. The van der Waals surface area contributed by atoms with Gasteiger partial charge in [0.2, 0.25) is 0 Å². The SMILES string of the molecule is CCCCCCC(=O)[C@@H]1O[C@H]1C. The first kappa shape index (κ1) is 9.72. The van der Waals surface area contributed by atoms with Gasteiger partial charge in [0.15, 0.2) is 5.78 Å². The Morgan fingerprint density at radius 1 is 1.33 bits per heavy atom. The fourth-order valence-corrected chi connectivity index (χ4v) is 1.39. The van der Waals surface area contributed by atoms with Crippen molar-refractivity contribution in [2.75, 3.05) is 0 Å². The molecule has 0 aromatic rings. The monoisotopic (exact) mass is 170 g/mol. The normalized spacial score (nSPS) is 27.2. The maximum absolute atomic E-state index is 11.3. The van der Waals surface area contributed by atoms with E-state index in [1.807, 2.05) is 6.92 Å². The van der Waals surface area contributed by atoms with E-state index in [-0.39, 0.29) is 12.2 Å². The van der Waals surface area contributed by atoms with Crippen LogP contribution in [0.3, 0.4) is 0 Å². The molecule has 12 heavy (non-hydrogen) atoms. The van der Waals surface area contributed by atoms with Crippen LogP contribution in [-0.2, 0) is 9.53 Å². The topological polar surface area (TPSA) is 29.6 Å². The van der Waals surface area contributed by atoms with E-state index in [1.165, 1.54) is 19.3 Å². The summed E-state index contributed by atoms with van der Waals surface area (Å²) in [6.07, 6.45) is 5.56. The number of epoxide rings is 1. The van der Waals surface area contributed by atoms with E-state index in [1.54, 1.807) is 0 Å². The Bertz CT molecular complexity index is 154. The summed E-state index contributed by atoms with van der Waals surface area (Å²) >= 11 is 0. The molecule has 2 nitrogen and oxygen atoms in total. The molecule has 1 aliphatic heterocycles. The molecule has 1 fully saturated rings. The number of Topliss-reactive ketones (excluding diaryl/α,β-unsaturated/α-hetero) is 1. The number of rotatable bonds is 6. The molecule has 0 aromatic carbocycles. The van der Waals surface area contributed by atoms with Gasteiger partial charge in [-0.2, -0.15) is 0 Å². The van der Waals surface area contributed by atoms with Crippen LogP contribution in [0, 0.1) is 0 Å². The Hall–Kier alpha value is -0.370. The molecule has 0 radical (unpaired) electrons. The molecular weight excluding hydrogens is 152 g/mol. The highest BCUT2D eigenvalue weighted by atomic mass is 16.6. The molecule has 0 amide bonds. The number of ether oxygens (including phenoxy) is 1. The molecule has 0 unspecified atom stereocenters. The minimum Gasteiger partial charge on any atom is -0.362 e. The predicted octanol–water partition coefficient (Wildman–Crippen LogP) is 2.31. The van der Waals surface area contributed by atoms with Crippen LogP contribution in [0.4, 0.5) is 0 Å². The third-order valence-corrected chi connectivity index (χ3v) is 2.31. The van der Waals surface area contributed by atoms with Crippen molar-refractivity contribution in [3.8, 4) is 0 Å². The van der Waals surface area contributed by atoms with Gasteiger partial charge >= 0.3 is 0 Å². The van der Waals surface area contributed by atoms with Gasteiger partial charge in [-0.25, -0.2) is 0 Å². The number of ketones is 1. The van der Waals surface area contributed by atoms with Crippen LogP contribution >= 0.6 is 0 Å². The van der Waals surface area contributed by atoms with E-state index in [9.17, 15) is 4.79 Å². The standard InChI is InChI=1S/C10H18O2/c1-3-4-5-6-7-9(11)10-8(2)12-10/h8,10H,3-7H2,1-2H3/t8-,10+/m0/s1. The smallest absolute Gasteiger partial charge is 0.164 e. The third-order valence-electron chi connectivity index (χ3n) is 2.31. The van der Waals surface area contributed by atoms with Crippen LogP contribution in [0.5, 0.6) is 0 Å². The highest BCUT2D eigenvalue weighted by Crippen LogP contribution is 2.23. The Morgan fingerprint density at radius 2 is 2.00 bits per heavy atom. The largest absolute Gasteiger partial charge is 0.362 e. The van der Waals surface area contributed by atoms with Gasteiger partial charge < -0.3 is 4.74 Å². The number of carbonyl (C=O) groups excluding carboxylic acids is 1. The maximum atomic E-state index is 11.3.